The summed E-state index contributed by atoms with van der Waals surface area (Å²) in [5.74, 6) is 1.12. The Labute approximate surface area is 90.5 Å². The molecule has 0 saturated heterocycles. The van der Waals surface area contributed by atoms with Gasteiger partial charge in [0.1, 0.15) is 0 Å². The van der Waals surface area contributed by atoms with Crippen molar-refractivity contribution in [2.45, 2.75) is 13.0 Å². The molecule has 1 aromatic rings. The molecule has 78 valence electrons. The Kier molecular flexibility index (Phi) is 4.14. The molecule has 0 radical (unpaired) electrons. The van der Waals surface area contributed by atoms with Gasteiger partial charge >= 0.3 is 0 Å². The van der Waals surface area contributed by atoms with E-state index in [2.05, 4.69) is 31.2 Å². The highest BCUT2D eigenvalue weighted by molar-refractivity contribution is 7.98. The topological polar surface area (TPSA) is 29.3 Å². The van der Waals surface area contributed by atoms with Crippen molar-refractivity contribution in [3.05, 3.63) is 24.3 Å². The molecule has 1 unspecified atom stereocenters. The second-order valence-corrected chi connectivity index (χ2v) is 4.38. The first kappa shape index (κ1) is 11.2. The monoisotopic (exact) mass is 210 g/mol. The number of para-hydroxylation sites is 2. The van der Waals surface area contributed by atoms with Gasteiger partial charge in [-0.1, -0.05) is 12.1 Å². The first-order valence-corrected chi connectivity index (χ1v) is 6.12. The van der Waals surface area contributed by atoms with Gasteiger partial charge < -0.3 is 10.6 Å². The largest absolute Gasteiger partial charge is 0.397 e. The van der Waals surface area contributed by atoms with Crippen LogP contribution in [0.25, 0.3) is 0 Å². The minimum Gasteiger partial charge on any atom is -0.397 e. The Morgan fingerprint density at radius 1 is 1.43 bits per heavy atom. The highest BCUT2D eigenvalue weighted by Gasteiger charge is 2.10. The molecule has 1 aromatic carbocycles. The minimum absolute atomic E-state index is 0.509. The molecule has 3 heteroatoms. The number of nitrogens with zero attached hydrogens (tertiary/aromatic N) is 1. The van der Waals surface area contributed by atoms with E-state index in [9.17, 15) is 0 Å². The zero-order chi connectivity index (χ0) is 10.6. The van der Waals surface area contributed by atoms with Crippen molar-refractivity contribution in [2.24, 2.45) is 0 Å². The number of hydrogen-bond donors (Lipinski definition) is 1. The molecule has 0 aliphatic rings. The summed E-state index contributed by atoms with van der Waals surface area (Å²) < 4.78 is 0. The molecule has 1 rings (SSSR count). The van der Waals surface area contributed by atoms with E-state index in [1.165, 1.54) is 0 Å². The second-order valence-electron chi connectivity index (χ2n) is 3.47. The van der Waals surface area contributed by atoms with E-state index in [0.29, 0.717) is 6.04 Å². The van der Waals surface area contributed by atoms with Crippen LogP contribution in [-0.2, 0) is 0 Å². The molecule has 0 saturated carbocycles. The summed E-state index contributed by atoms with van der Waals surface area (Å²) in [7, 11) is 2.09. The minimum atomic E-state index is 0.509. The molecule has 0 heterocycles. The first-order chi connectivity index (χ1) is 6.66. The van der Waals surface area contributed by atoms with Gasteiger partial charge in [-0.2, -0.15) is 11.8 Å². The molecule has 0 aliphatic heterocycles. The quantitative estimate of drug-likeness (QED) is 0.774. The third-order valence-corrected chi connectivity index (χ3v) is 3.20. The second kappa shape index (κ2) is 5.15. The van der Waals surface area contributed by atoms with E-state index >= 15 is 0 Å². The zero-order valence-corrected chi connectivity index (χ0v) is 9.84. The van der Waals surface area contributed by atoms with E-state index in [1.54, 1.807) is 0 Å². The summed E-state index contributed by atoms with van der Waals surface area (Å²) in [6, 6.07) is 8.50. The summed E-state index contributed by atoms with van der Waals surface area (Å²) in [5.41, 5.74) is 7.88. The maximum atomic E-state index is 5.91. The fourth-order valence-electron chi connectivity index (χ4n) is 1.40. The third-order valence-electron chi connectivity index (χ3n) is 2.39. The zero-order valence-electron chi connectivity index (χ0n) is 9.03. The van der Waals surface area contributed by atoms with Gasteiger partial charge in [0.2, 0.25) is 0 Å². The molecule has 0 aromatic heterocycles. The summed E-state index contributed by atoms with van der Waals surface area (Å²) >= 11 is 1.86. The molecular formula is C11H18N2S. The number of benzene rings is 1. The van der Waals surface area contributed by atoms with Crippen LogP contribution in [0.1, 0.15) is 6.92 Å². The number of anilines is 2. The lowest BCUT2D eigenvalue weighted by Gasteiger charge is -2.27. The van der Waals surface area contributed by atoms with Crippen LogP contribution in [0.4, 0.5) is 11.4 Å². The average Bonchev–Trinajstić information content (AvgIpc) is 2.18. The highest BCUT2D eigenvalue weighted by Crippen LogP contribution is 2.23. The van der Waals surface area contributed by atoms with Crippen molar-refractivity contribution < 1.29 is 0 Å². The fourth-order valence-corrected chi connectivity index (χ4v) is 2.11. The lowest BCUT2D eigenvalue weighted by atomic mass is 10.2. The van der Waals surface area contributed by atoms with Crippen LogP contribution in [0.2, 0.25) is 0 Å². The van der Waals surface area contributed by atoms with Crippen molar-refractivity contribution >= 4 is 23.1 Å². The fraction of sp³-hybridized carbons (Fsp3) is 0.455. The van der Waals surface area contributed by atoms with Crippen LogP contribution in [0, 0.1) is 0 Å². The Morgan fingerprint density at radius 2 is 2.07 bits per heavy atom. The van der Waals surface area contributed by atoms with Crippen molar-refractivity contribution in [3.8, 4) is 0 Å². The van der Waals surface area contributed by atoms with Crippen LogP contribution in [0.5, 0.6) is 0 Å². The maximum Gasteiger partial charge on any atom is 0.0600 e. The van der Waals surface area contributed by atoms with E-state index in [4.69, 9.17) is 5.73 Å². The highest BCUT2D eigenvalue weighted by atomic mass is 32.2. The van der Waals surface area contributed by atoms with E-state index in [-0.39, 0.29) is 0 Å². The van der Waals surface area contributed by atoms with Gasteiger partial charge in [0.25, 0.3) is 0 Å². The normalized spacial score (nSPS) is 12.5. The van der Waals surface area contributed by atoms with Crippen LogP contribution >= 0.6 is 11.8 Å². The van der Waals surface area contributed by atoms with Gasteiger partial charge in [-0.25, -0.2) is 0 Å². The van der Waals surface area contributed by atoms with Gasteiger partial charge in [0.05, 0.1) is 11.4 Å². The maximum absolute atomic E-state index is 5.91. The van der Waals surface area contributed by atoms with Gasteiger partial charge in [-0.15, -0.1) is 0 Å². The van der Waals surface area contributed by atoms with Crippen LogP contribution in [0.15, 0.2) is 24.3 Å². The summed E-state index contributed by atoms with van der Waals surface area (Å²) in [6.45, 7) is 2.21. The lowest BCUT2D eigenvalue weighted by Crippen LogP contribution is -2.31. The smallest absolute Gasteiger partial charge is 0.0600 e. The number of rotatable bonds is 4. The summed E-state index contributed by atoms with van der Waals surface area (Å²) in [5, 5.41) is 0. The standard InChI is InChI=1S/C11H18N2S/c1-9(8-14-3)13(2)11-7-5-4-6-10(11)12/h4-7,9H,8,12H2,1-3H3. The number of thioether (sulfide) groups is 1. The Hall–Kier alpha value is -0.830. The van der Waals surface area contributed by atoms with E-state index < -0.39 is 0 Å². The number of nitrogens with two attached hydrogens (primary N) is 1. The van der Waals surface area contributed by atoms with Gasteiger partial charge in [-0.3, -0.25) is 0 Å². The Balaban J connectivity index is 2.78. The molecular weight excluding hydrogens is 192 g/mol. The molecule has 1 atom stereocenters. The van der Waals surface area contributed by atoms with E-state index in [1.807, 2.05) is 30.0 Å². The molecule has 0 bridgehead atoms. The van der Waals surface area contributed by atoms with Crippen molar-refractivity contribution in [1.29, 1.82) is 0 Å². The predicted octanol–water partition coefficient (Wildman–Crippen LogP) is 2.46. The number of hydrogen-bond acceptors (Lipinski definition) is 3. The van der Waals surface area contributed by atoms with Gasteiger partial charge in [-0.05, 0) is 25.3 Å². The Bertz CT molecular complexity index is 288. The molecule has 14 heavy (non-hydrogen) atoms. The Morgan fingerprint density at radius 3 is 2.64 bits per heavy atom. The SMILES string of the molecule is CSCC(C)N(C)c1ccccc1N. The third kappa shape index (κ3) is 2.58. The van der Waals surface area contributed by atoms with Crippen LogP contribution in [0.3, 0.4) is 0 Å². The van der Waals surface area contributed by atoms with Gasteiger partial charge in [0, 0.05) is 18.8 Å². The van der Waals surface area contributed by atoms with Crippen molar-refractivity contribution in [3.63, 3.8) is 0 Å². The average molecular weight is 210 g/mol. The molecule has 2 N–H and O–H groups in total. The van der Waals surface area contributed by atoms with Crippen LogP contribution < -0.4 is 10.6 Å². The van der Waals surface area contributed by atoms with Crippen LogP contribution in [-0.4, -0.2) is 25.1 Å². The first-order valence-electron chi connectivity index (χ1n) is 4.73. The summed E-state index contributed by atoms with van der Waals surface area (Å²) in [6.07, 6.45) is 2.12. The predicted molar refractivity (Wildman–Crippen MR) is 67.1 cm³/mol. The van der Waals surface area contributed by atoms with Crippen molar-refractivity contribution in [2.75, 3.05) is 29.7 Å². The van der Waals surface area contributed by atoms with E-state index in [0.717, 1.165) is 17.1 Å². The molecule has 0 aliphatic carbocycles. The number of nitrogen functional groups attached to an aromatic ring is 1. The molecule has 0 spiro atoms. The van der Waals surface area contributed by atoms with Crippen molar-refractivity contribution in [1.82, 2.24) is 0 Å². The lowest BCUT2D eigenvalue weighted by molar-refractivity contribution is 0.766. The van der Waals surface area contributed by atoms with Gasteiger partial charge in [0.15, 0.2) is 0 Å². The molecule has 0 amide bonds. The molecule has 2 nitrogen and oxygen atoms in total. The summed E-state index contributed by atoms with van der Waals surface area (Å²) in [4.78, 5) is 2.23. The molecule has 0 fully saturated rings.